The van der Waals surface area contributed by atoms with Gasteiger partial charge < -0.3 is 14.5 Å². The summed E-state index contributed by atoms with van der Waals surface area (Å²) in [4.78, 5) is 25.4. The van der Waals surface area contributed by atoms with Crippen LogP contribution in [-0.4, -0.2) is 37.5 Å². The minimum absolute atomic E-state index is 0.0455. The molecule has 134 valence electrons. The molecule has 0 atom stereocenters. The van der Waals surface area contributed by atoms with Gasteiger partial charge in [0.25, 0.3) is 0 Å². The Morgan fingerprint density at radius 3 is 2.80 bits per heavy atom. The molecule has 0 saturated heterocycles. The summed E-state index contributed by atoms with van der Waals surface area (Å²) in [6.07, 6.45) is 1.51. The quantitative estimate of drug-likeness (QED) is 0.787. The minimum Gasteiger partial charge on any atom is -0.496 e. The van der Waals surface area contributed by atoms with E-state index in [1.54, 1.807) is 49.4 Å². The van der Waals surface area contributed by atoms with Crippen molar-refractivity contribution in [2.24, 2.45) is 0 Å². The average Bonchev–Trinajstić information content (AvgIpc) is 3.06. The van der Waals surface area contributed by atoms with Crippen LogP contribution in [0, 0.1) is 0 Å². The second-order valence-electron chi connectivity index (χ2n) is 5.44. The Balaban J connectivity index is 1.79. The molecule has 0 spiro atoms. The van der Waals surface area contributed by atoms with Crippen LogP contribution in [0.1, 0.15) is 11.3 Å². The zero-order valence-electron chi connectivity index (χ0n) is 14.0. The number of imide groups is 1. The van der Waals surface area contributed by atoms with Crippen molar-refractivity contribution in [3.05, 3.63) is 52.9 Å². The molecule has 1 heterocycles. The summed E-state index contributed by atoms with van der Waals surface area (Å²) in [7, 11) is 3.34. The molecule has 0 saturated carbocycles. The van der Waals surface area contributed by atoms with Crippen LogP contribution in [0.15, 0.2) is 41.0 Å². The van der Waals surface area contributed by atoms with Gasteiger partial charge in [-0.15, -0.1) is 0 Å². The van der Waals surface area contributed by atoms with Gasteiger partial charge in [0.2, 0.25) is 5.91 Å². The van der Waals surface area contributed by atoms with E-state index in [0.29, 0.717) is 23.1 Å². The number of likely N-dealkylation sites (N-methyl/N-ethyl adjacent to an activating group) is 1. The molecule has 0 aliphatic rings. The molecule has 1 aromatic heterocycles. The van der Waals surface area contributed by atoms with E-state index >= 15 is 0 Å². The van der Waals surface area contributed by atoms with Crippen molar-refractivity contribution in [3.8, 4) is 5.75 Å². The number of halogens is 1. The first-order valence-electron chi connectivity index (χ1n) is 7.59. The van der Waals surface area contributed by atoms with Gasteiger partial charge in [0.05, 0.1) is 26.5 Å². The summed E-state index contributed by atoms with van der Waals surface area (Å²) < 4.78 is 10.4. The number of furan rings is 1. The summed E-state index contributed by atoms with van der Waals surface area (Å²) in [6, 6.07) is 8.17. The van der Waals surface area contributed by atoms with Gasteiger partial charge in [0.1, 0.15) is 11.5 Å². The van der Waals surface area contributed by atoms with Crippen LogP contribution in [-0.2, 0) is 17.9 Å². The van der Waals surface area contributed by atoms with E-state index in [2.05, 4.69) is 10.6 Å². The predicted octanol–water partition coefficient (Wildman–Crippen LogP) is 2.40. The topological polar surface area (TPSA) is 83.8 Å². The van der Waals surface area contributed by atoms with Gasteiger partial charge in [0.15, 0.2) is 0 Å². The van der Waals surface area contributed by atoms with E-state index in [9.17, 15) is 9.59 Å². The van der Waals surface area contributed by atoms with E-state index in [0.717, 1.165) is 5.56 Å². The molecule has 7 nitrogen and oxygen atoms in total. The molecule has 3 amide bonds. The van der Waals surface area contributed by atoms with Crippen molar-refractivity contribution in [2.75, 3.05) is 20.7 Å². The Morgan fingerprint density at radius 2 is 2.12 bits per heavy atom. The molecule has 8 heteroatoms. The number of ether oxygens (including phenoxy) is 1. The maximum atomic E-state index is 11.9. The maximum Gasteiger partial charge on any atom is 0.321 e. The lowest BCUT2D eigenvalue weighted by Crippen LogP contribution is -2.43. The Labute approximate surface area is 150 Å². The van der Waals surface area contributed by atoms with Crippen LogP contribution in [0.5, 0.6) is 5.75 Å². The normalized spacial score (nSPS) is 10.6. The van der Waals surface area contributed by atoms with Crippen LogP contribution < -0.4 is 15.4 Å². The van der Waals surface area contributed by atoms with Gasteiger partial charge in [-0.2, -0.15) is 0 Å². The number of rotatable bonds is 7. The number of nitrogens with one attached hydrogen (secondary N) is 2. The largest absolute Gasteiger partial charge is 0.496 e. The second-order valence-corrected chi connectivity index (χ2v) is 5.88. The van der Waals surface area contributed by atoms with E-state index in [-0.39, 0.29) is 13.1 Å². The lowest BCUT2D eigenvalue weighted by molar-refractivity contribution is -0.121. The first kappa shape index (κ1) is 18.8. The summed E-state index contributed by atoms with van der Waals surface area (Å²) >= 11 is 5.99. The monoisotopic (exact) mass is 365 g/mol. The van der Waals surface area contributed by atoms with Gasteiger partial charge in [-0.05, 0) is 37.4 Å². The number of carbonyl (C=O) groups is 2. The van der Waals surface area contributed by atoms with E-state index in [1.165, 1.54) is 6.26 Å². The highest BCUT2D eigenvalue weighted by Crippen LogP contribution is 2.23. The second kappa shape index (κ2) is 9.10. The number of nitrogens with zero attached hydrogens (tertiary/aromatic N) is 1. The highest BCUT2D eigenvalue weighted by atomic mass is 35.5. The van der Waals surface area contributed by atoms with Crippen LogP contribution in [0.3, 0.4) is 0 Å². The SMILES string of the molecule is COc1ccc(Cl)cc1CN(C)CC(=O)NC(=O)NCc1ccco1. The van der Waals surface area contributed by atoms with E-state index in [4.69, 9.17) is 20.8 Å². The van der Waals surface area contributed by atoms with Crippen LogP contribution >= 0.6 is 11.6 Å². The van der Waals surface area contributed by atoms with E-state index in [1.807, 2.05) is 0 Å². The van der Waals surface area contributed by atoms with Crippen molar-refractivity contribution in [2.45, 2.75) is 13.1 Å². The molecule has 0 radical (unpaired) electrons. The van der Waals surface area contributed by atoms with Crippen molar-refractivity contribution in [1.29, 1.82) is 0 Å². The molecule has 0 bridgehead atoms. The first-order chi connectivity index (χ1) is 12.0. The lowest BCUT2D eigenvalue weighted by atomic mass is 10.2. The average molecular weight is 366 g/mol. The maximum absolute atomic E-state index is 11.9. The molecule has 0 aliphatic carbocycles. The van der Waals surface area contributed by atoms with Gasteiger partial charge in [-0.25, -0.2) is 4.79 Å². The Morgan fingerprint density at radius 1 is 1.32 bits per heavy atom. The van der Waals surface area contributed by atoms with Crippen LogP contribution in [0.4, 0.5) is 4.79 Å². The highest BCUT2D eigenvalue weighted by molar-refractivity contribution is 6.30. The number of amides is 3. The molecule has 2 N–H and O–H groups in total. The van der Waals surface area contributed by atoms with Crippen LogP contribution in [0.25, 0.3) is 0 Å². The van der Waals surface area contributed by atoms with Crippen LogP contribution in [0.2, 0.25) is 5.02 Å². The Kier molecular flexibility index (Phi) is 6.85. The molecule has 0 unspecified atom stereocenters. The molecular formula is C17H20ClN3O4. The number of hydrogen-bond donors (Lipinski definition) is 2. The molecule has 2 rings (SSSR count). The van der Waals surface area contributed by atoms with Crippen molar-refractivity contribution in [3.63, 3.8) is 0 Å². The number of hydrogen-bond acceptors (Lipinski definition) is 5. The van der Waals surface area contributed by atoms with Gasteiger partial charge >= 0.3 is 6.03 Å². The third-order valence-electron chi connectivity index (χ3n) is 3.35. The molecule has 2 aromatic rings. The van der Waals surface area contributed by atoms with Gasteiger partial charge in [-0.3, -0.25) is 15.0 Å². The van der Waals surface area contributed by atoms with Crippen molar-refractivity contribution < 1.29 is 18.7 Å². The van der Waals surface area contributed by atoms with Gasteiger partial charge in [0, 0.05) is 17.1 Å². The summed E-state index contributed by atoms with van der Waals surface area (Å²) in [5, 5.41) is 5.40. The predicted molar refractivity (Wildman–Crippen MR) is 93.4 cm³/mol. The molecule has 1 aromatic carbocycles. The summed E-state index contributed by atoms with van der Waals surface area (Å²) in [6.45, 7) is 0.705. The van der Waals surface area contributed by atoms with Crippen molar-refractivity contribution >= 4 is 23.5 Å². The number of methoxy groups -OCH3 is 1. The highest BCUT2D eigenvalue weighted by Gasteiger charge is 2.13. The fraction of sp³-hybridized carbons (Fsp3) is 0.294. The molecule has 0 fully saturated rings. The minimum atomic E-state index is -0.574. The lowest BCUT2D eigenvalue weighted by Gasteiger charge is -2.18. The summed E-state index contributed by atoms with van der Waals surface area (Å²) in [5.41, 5.74) is 0.854. The molecular weight excluding hydrogens is 346 g/mol. The third-order valence-corrected chi connectivity index (χ3v) is 3.59. The number of urea groups is 1. The molecule has 25 heavy (non-hydrogen) atoms. The van der Waals surface area contributed by atoms with Gasteiger partial charge in [-0.1, -0.05) is 11.6 Å². The zero-order chi connectivity index (χ0) is 18.2. The third kappa shape index (κ3) is 6.13. The number of carbonyl (C=O) groups excluding carboxylic acids is 2. The van der Waals surface area contributed by atoms with Crippen molar-refractivity contribution in [1.82, 2.24) is 15.5 Å². The standard InChI is InChI=1S/C17H20ClN3O4/c1-21(10-12-8-13(18)5-6-15(12)24-2)11-16(22)20-17(23)19-9-14-4-3-7-25-14/h3-8H,9-11H2,1-2H3,(H2,19,20,22,23). The Bertz CT molecular complexity index is 719. The first-order valence-corrected chi connectivity index (χ1v) is 7.96. The fourth-order valence-corrected chi connectivity index (χ4v) is 2.45. The fourth-order valence-electron chi connectivity index (χ4n) is 2.25. The Hall–Kier alpha value is -2.51. The number of benzene rings is 1. The van der Waals surface area contributed by atoms with E-state index < -0.39 is 11.9 Å². The molecule has 0 aliphatic heterocycles. The summed E-state index contributed by atoms with van der Waals surface area (Å²) in [5.74, 6) is 0.876. The smallest absolute Gasteiger partial charge is 0.321 e. The zero-order valence-corrected chi connectivity index (χ0v) is 14.8.